The zero-order valence-electron chi connectivity index (χ0n) is 11.3. The lowest BCUT2D eigenvalue weighted by Crippen LogP contribution is -2.50. The van der Waals surface area contributed by atoms with E-state index in [1.54, 1.807) is 0 Å². The van der Waals surface area contributed by atoms with Gasteiger partial charge in [-0.05, 0) is 12.8 Å². The van der Waals surface area contributed by atoms with Crippen LogP contribution >= 0.6 is 0 Å². The molecule has 0 aromatic rings. The summed E-state index contributed by atoms with van der Waals surface area (Å²) in [6, 6.07) is -0.447. The van der Waals surface area contributed by atoms with Crippen molar-refractivity contribution in [2.24, 2.45) is 0 Å². The van der Waals surface area contributed by atoms with Gasteiger partial charge in [-0.3, -0.25) is 4.79 Å². The number of carboxylic acid groups (broad SMARTS) is 1. The summed E-state index contributed by atoms with van der Waals surface area (Å²) < 4.78 is 49.9. The second-order valence-electron chi connectivity index (χ2n) is 4.84. The van der Waals surface area contributed by atoms with Crippen LogP contribution in [0.2, 0.25) is 0 Å². The van der Waals surface area contributed by atoms with Gasteiger partial charge in [-0.1, -0.05) is 6.42 Å². The number of nitrogens with one attached hydrogen (secondary N) is 1. The van der Waals surface area contributed by atoms with Crippen LogP contribution in [0.15, 0.2) is 0 Å². The Morgan fingerprint density at radius 1 is 1.30 bits per heavy atom. The topological polar surface area (TPSA) is 121 Å². The van der Waals surface area contributed by atoms with Gasteiger partial charge in [-0.25, -0.2) is 21.6 Å². The molecule has 8 nitrogen and oxygen atoms in total. The molecule has 1 fully saturated rings. The Kier molecular flexibility index (Phi) is 5.92. The van der Waals surface area contributed by atoms with Crippen LogP contribution in [0, 0.1) is 0 Å². The number of rotatable bonds is 7. The number of carboxylic acids is 1. The van der Waals surface area contributed by atoms with E-state index in [4.69, 9.17) is 5.11 Å². The normalized spacial score (nSPS) is 21.8. The van der Waals surface area contributed by atoms with Crippen LogP contribution in [0.5, 0.6) is 0 Å². The fraction of sp³-hybridized carbons (Fsp3) is 0.900. The van der Waals surface area contributed by atoms with Crippen LogP contribution in [-0.2, 0) is 24.8 Å². The number of sulfonamides is 2. The zero-order valence-corrected chi connectivity index (χ0v) is 12.9. The van der Waals surface area contributed by atoms with E-state index in [-0.39, 0.29) is 6.54 Å². The zero-order chi connectivity index (χ0) is 15.4. The molecule has 1 unspecified atom stereocenters. The van der Waals surface area contributed by atoms with Crippen LogP contribution in [0.1, 0.15) is 25.7 Å². The Labute approximate surface area is 119 Å². The van der Waals surface area contributed by atoms with Crippen LogP contribution in [-0.4, -0.2) is 63.4 Å². The summed E-state index contributed by atoms with van der Waals surface area (Å²) in [7, 11) is -7.06. The molecule has 20 heavy (non-hydrogen) atoms. The number of hydrogen-bond acceptors (Lipinski definition) is 5. The Balaban J connectivity index is 2.75. The van der Waals surface area contributed by atoms with E-state index >= 15 is 0 Å². The minimum Gasteiger partial charge on any atom is -0.481 e. The predicted molar refractivity (Wildman–Crippen MR) is 73.2 cm³/mol. The van der Waals surface area contributed by atoms with Gasteiger partial charge in [-0.2, -0.15) is 4.31 Å². The number of carbonyl (C=O) groups is 1. The Morgan fingerprint density at radius 3 is 2.50 bits per heavy atom. The number of nitrogens with zero attached hydrogens (tertiary/aromatic N) is 1. The molecule has 0 radical (unpaired) electrons. The van der Waals surface area contributed by atoms with Crippen molar-refractivity contribution in [1.29, 1.82) is 0 Å². The highest BCUT2D eigenvalue weighted by molar-refractivity contribution is 7.89. The van der Waals surface area contributed by atoms with Crippen LogP contribution in [0.3, 0.4) is 0 Å². The molecule has 1 aliphatic rings. The quantitative estimate of drug-likeness (QED) is 0.631. The molecule has 0 bridgehead atoms. The molecule has 1 saturated heterocycles. The predicted octanol–water partition coefficient (Wildman–Crippen LogP) is -0.805. The van der Waals surface area contributed by atoms with Gasteiger partial charge >= 0.3 is 5.97 Å². The smallest absolute Gasteiger partial charge is 0.304 e. The molecule has 118 valence electrons. The largest absolute Gasteiger partial charge is 0.481 e. The molecule has 2 N–H and O–H groups in total. The molecular formula is C10H20N2O6S2. The lowest BCUT2D eigenvalue weighted by Gasteiger charge is -2.34. The second kappa shape index (κ2) is 6.83. The van der Waals surface area contributed by atoms with E-state index in [0.717, 1.165) is 12.7 Å². The van der Waals surface area contributed by atoms with Gasteiger partial charge in [0.15, 0.2) is 0 Å². The first-order chi connectivity index (χ1) is 9.12. The highest BCUT2D eigenvalue weighted by Gasteiger charge is 2.32. The van der Waals surface area contributed by atoms with E-state index in [1.807, 2.05) is 0 Å². The van der Waals surface area contributed by atoms with Crippen molar-refractivity contribution in [3.63, 3.8) is 0 Å². The summed E-state index contributed by atoms with van der Waals surface area (Å²) in [6.45, 7) is 0.323. The summed E-state index contributed by atoms with van der Waals surface area (Å²) in [5.74, 6) is -1.63. The maximum absolute atomic E-state index is 12.1. The summed E-state index contributed by atoms with van der Waals surface area (Å²) >= 11 is 0. The third-order valence-electron chi connectivity index (χ3n) is 3.09. The molecule has 1 atom stereocenters. The number of aliphatic carboxylic acids is 1. The van der Waals surface area contributed by atoms with Crippen LogP contribution in [0.4, 0.5) is 0 Å². The maximum atomic E-state index is 12.1. The fourth-order valence-corrected chi connectivity index (χ4v) is 4.33. The summed E-state index contributed by atoms with van der Waals surface area (Å²) in [6.07, 6.45) is 2.64. The third-order valence-corrected chi connectivity index (χ3v) is 5.69. The second-order valence-corrected chi connectivity index (χ2v) is 8.71. The number of hydrogen-bond donors (Lipinski definition) is 2. The molecule has 0 aromatic carbocycles. The molecule has 1 aliphatic heterocycles. The molecule has 0 spiro atoms. The van der Waals surface area contributed by atoms with Gasteiger partial charge in [-0.15, -0.1) is 0 Å². The molecule has 1 heterocycles. The van der Waals surface area contributed by atoms with E-state index in [0.29, 0.717) is 19.4 Å². The maximum Gasteiger partial charge on any atom is 0.304 e. The first kappa shape index (κ1) is 17.3. The standard InChI is InChI=1S/C10H20N2O6S2/c1-19(15,16)11-8-9-4-2-3-6-12(9)20(17,18)7-5-10(13)14/h9,11H,2-8H2,1H3,(H,13,14). The van der Waals surface area contributed by atoms with Crippen molar-refractivity contribution in [3.8, 4) is 0 Å². The average Bonchev–Trinajstić information content (AvgIpc) is 2.33. The van der Waals surface area contributed by atoms with Gasteiger partial charge in [0.2, 0.25) is 20.0 Å². The Bertz CT molecular complexity index is 542. The summed E-state index contributed by atoms with van der Waals surface area (Å²) in [5.41, 5.74) is 0. The van der Waals surface area contributed by atoms with Gasteiger partial charge < -0.3 is 5.11 Å². The first-order valence-electron chi connectivity index (χ1n) is 6.28. The Morgan fingerprint density at radius 2 is 1.95 bits per heavy atom. The molecule has 10 heteroatoms. The van der Waals surface area contributed by atoms with Crippen molar-refractivity contribution in [1.82, 2.24) is 9.03 Å². The minimum absolute atomic E-state index is 0.0190. The highest BCUT2D eigenvalue weighted by atomic mass is 32.2. The van der Waals surface area contributed by atoms with Gasteiger partial charge in [0.1, 0.15) is 0 Å². The molecule has 1 rings (SSSR count). The lowest BCUT2D eigenvalue weighted by molar-refractivity contribution is -0.136. The third kappa shape index (κ3) is 5.73. The summed E-state index contributed by atoms with van der Waals surface area (Å²) in [4.78, 5) is 10.5. The van der Waals surface area contributed by atoms with Gasteiger partial charge in [0, 0.05) is 19.1 Å². The number of piperidine rings is 1. The van der Waals surface area contributed by atoms with E-state index in [9.17, 15) is 21.6 Å². The van der Waals surface area contributed by atoms with Crippen LogP contribution in [0.25, 0.3) is 0 Å². The van der Waals surface area contributed by atoms with E-state index < -0.39 is 44.2 Å². The van der Waals surface area contributed by atoms with Crippen molar-refractivity contribution in [3.05, 3.63) is 0 Å². The van der Waals surface area contributed by atoms with Crippen molar-refractivity contribution in [2.45, 2.75) is 31.7 Å². The molecule has 0 amide bonds. The Hall–Kier alpha value is -0.710. The molecule has 0 aromatic heterocycles. The highest BCUT2D eigenvalue weighted by Crippen LogP contribution is 2.21. The first-order valence-corrected chi connectivity index (χ1v) is 9.78. The average molecular weight is 328 g/mol. The van der Waals surface area contributed by atoms with Crippen molar-refractivity contribution in [2.75, 3.05) is 25.1 Å². The van der Waals surface area contributed by atoms with Crippen molar-refractivity contribution >= 4 is 26.0 Å². The van der Waals surface area contributed by atoms with E-state index in [1.165, 1.54) is 4.31 Å². The van der Waals surface area contributed by atoms with Crippen LogP contribution < -0.4 is 4.72 Å². The lowest BCUT2D eigenvalue weighted by atomic mass is 10.1. The van der Waals surface area contributed by atoms with Crippen molar-refractivity contribution < 1.29 is 26.7 Å². The summed E-state index contributed by atoms with van der Waals surface area (Å²) in [5, 5.41) is 8.58. The minimum atomic E-state index is -3.68. The molecular weight excluding hydrogens is 308 g/mol. The fourth-order valence-electron chi connectivity index (χ4n) is 2.13. The molecule has 0 aliphatic carbocycles. The van der Waals surface area contributed by atoms with E-state index in [2.05, 4.69) is 4.72 Å². The molecule has 0 saturated carbocycles. The van der Waals surface area contributed by atoms with Gasteiger partial charge in [0.05, 0.1) is 18.4 Å². The monoisotopic (exact) mass is 328 g/mol. The van der Waals surface area contributed by atoms with Gasteiger partial charge in [0.25, 0.3) is 0 Å². The SMILES string of the molecule is CS(=O)(=O)NCC1CCCCN1S(=O)(=O)CCC(=O)O.